The molecule has 3 unspecified atom stereocenters. The Balaban J connectivity index is 2.07. The van der Waals surface area contributed by atoms with E-state index in [9.17, 15) is 4.79 Å². The predicted molar refractivity (Wildman–Crippen MR) is 98.6 cm³/mol. The molecular formula is C21H33NO. The first-order valence-electron chi connectivity index (χ1n) is 9.10. The predicted octanol–water partition coefficient (Wildman–Crippen LogP) is 5.63. The Morgan fingerprint density at radius 3 is 2.26 bits per heavy atom. The van der Waals surface area contributed by atoms with Gasteiger partial charge in [0.15, 0.2) is 0 Å². The molecule has 1 aromatic carbocycles. The van der Waals surface area contributed by atoms with Crippen molar-refractivity contribution in [3.8, 4) is 0 Å². The Kier molecular flexibility index (Phi) is 5.54. The van der Waals surface area contributed by atoms with Gasteiger partial charge in [0.05, 0.1) is 0 Å². The number of amides is 1. The van der Waals surface area contributed by atoms with Crippen molar-refractivity contribution < 1.29 is 4.79 Å². The number of carbonyl (C=O) groups excluding carboxylic acids is 1. The minimum atomic E-state index is 0.143. The number of hydrogen-bond donors (Lipinski definition) is 1. The van der Waals surface area contributed by atoms with E-state index in [0.29, 0.717) is 17.8 Å². The second kappa shape index (κ2) is 7.07. The van der Waals surface area contributed by atoms with Crippen molar-refractivity contribution in [3.05, 3.63) is 29.8 Å². The fourth-order valence-electron chi connectivity index (χ4n) is 3.79. The molecule has 3 atom stereocenters. The van der Waals surface area contributed by atoms with Gasteiger partial charge in [-0.25, -0.2) is 0 Å². The topological polar surface area (TPSA) is 29.1 Å². The summed E-state index contributed by atoms with van der Waals surface area (Å²) in [5, 5.41) is 3.16. The third-order valence-electron chi connectivity index (χ3n) is 5.38. The normalized spacial score (nSPS) is 25.4. The average molecular weight is 316 g/mol. The van der Waals surface area contributed by atoms with E-state index >= 15 is 0 Å². The summed E-state index contributed by atoms with van der Waals surface area (Å²) < 4.78 is 0. The lowest BCUT2D eigenvalue weighted by atomic mass is 9.70. The molecule has 1 aliphatic carbocycles. The van der Waals surface area contributed by atoms with Crippen molar-refractivity contribution in [1.82, 2.24) is 0 Å². The van der Waals surface area contributed by atoms with Crippen LogP contribution in [0.5, 0.6) is 0 Å². The largest absolute Gasteiger partial charge is 0.326 e. The molecule has 0 bridgehead atoms. The second-order valence-corrected chi connectivity index (χ2v) is 8.75. The number of anilines is 1. The van der Waals surface area contributed by atoms with Crippen molar-refractivity contribution in [2.24, 2.45) is 23.7 Å². The SMILES string of the molecule is CC1CCC(C(C)C)C(C(=O)Nc2ccc(C(C)(C)C)cc2)C1. The molecular weight excluding hydrogens is 282 g/mol. The number of rotatable bonds is 3. The minimum Gasteiger partial charge on any atom is -0.326 e. The minimum absolute atomic E-state index is 0.143. The number of benzene rings is 1. The van der Waals surface area contributed by atoms with Crippen LogP contribution >= 0.6 is 0 Å². The quantitative estimate of drug-likeness (QED) is 0.769. The molecule has 23 heavy (non-hydrogen) atoms. The second-order valence-electron chi connectivity index (χ2n) is 8.75. The van der Waals surface area contributed by atoms with Crippen molar-refractivity contribution >= 4 is 11.6 Å². The molecule has 2 heteroatoms. The summed E-state index contributed by atoms with van der Waals surface area (Å²) in [7, 11) is 0. The summed E-state index contributed by atoms with van der Waals surface area (Å²) in [5.41, 5.74) is 2.36. The molecule has 1 fully saturated rings. The van der Waals surface area contributed by atoms with E-state index in [2.05, 4.69) is 59.0 Å². The van der Waals surface area contributed by atoms with Crippen LogP contribution < -0.4 is 5.32 Å². The molecule has 2 nitrogen and oxygen atoms in total. The van der Waals surface area contributed by atoms with Gasteiger partial charge in [-0.1, -0.05) is 60.1 Å². The summed E-state index contributed by atoms with van der Waals surface area (Å²) in [4.78, 5) is 12.8. The zero-order valence-electron chi connectivity index (χ0n) is 15.6. The van der Waals surface area contributed by atoms with E-state index in [4.69, 9.17) is 0 Å². The van der Waals surface area contributed by atoms with Crippen LogP contribution in [0, 0.1) is 23.7 Å². The Labute approximate surface area is 142 Å². The van der Waals surface area contributed by atoms with Crippen LogP contribution in [0.3, 0.4) is 0 Å². The van der Waals surface area contributed by atoms with Crippen LogP contribution in [0.25, 0.3) is 0 Å². The van der Waals surface area contributed by atoms with Crippen LogP contribution in [-0.4, -0.2) is 5.91 Å². The first kappa shape index (κ1) is 18.0. The van der Waals surface area contributed by atoms with Crippen LogP contribution in [-0.2, 0) is 10.2 Å². The van der Waals surface area contributed by atoms with Crippen molar-refractivity contribution in [1.29, 1.82) is 0 Å². The summed E-state index contributed by atoms with van der Waals surface area (Å²) >= 11 is 0. The van der Waals surface area contributed by atoms with Crippen molar-refractivity contribution in [2.45, 2.75) is 66.2 Å². The summed E-state index contributed by atoms with van der Waals surface area (Å²) in [6, 6.07) is 8.32. The molecule has 1 aliphatic rings. The molecule has 0 aliphatic heterocycles. The van der Waals surface area contributed by atoms with E-state index in [1.807, 2.05) is 12.1 Å². The Morgan fingerprint density at radius 2 is 1.74 bits per heavy atom. The van der Waals surface area contributed by atoms with E-state index in [1.54, 1.807) is 0 Å². The lowest BCUT2D eigenvalue weighted by Gasteiger charge is -2.36. The molecule has 128 valence electrons. The Hall–Kier alpha value is -1.31. The summed E-state index contributed by atoms with van der Waals surface area (Å²) in [6.45, 7) is 13.4. The fraction of sp³-hybridized carbons (Fsp3) is 0.667. The summed E-state index contributed by atoms with van der Waals surface area (Å²) in [6.07, 6.45) is 3.46. The summed E-state index contributed by atoms with van der Waals surface area (Å²) in [5.74, 6) is 2.10. The van der Waals surface area contributed by atoms with Gasteiger partial charge >= 0.3 is 0 Å². The van der Waals surface area contributed by atoms with Gasteiger partial charge in [0.2, 0.25) is 5.91 Å². The first-order valence-corrected chi connectivity index (χ1v) is 9.10. The standard InChI is InChI=1S/C21H33NO/c1-14(2)18-12-7-15(3)13-19(18)20(23)22-17-10-8-16(9-11-17)21(4,5)6/h8-11,14-15,18-19H,7,12-13H2,1-6H3,(H,22,23). The van der Waals surface area contributed by atoms with Gasteiger partial charge in [0.1, 0.15) is 0 Å². The van der Waals surface area contributed by atoms with Gasteiger partial charge in [-0.3, -0.25) is 4.79 Å². The van der Waals surface area contributed by atoms with Crippen LogP contribution in [0.4, 0.5) is 5.69 Å². The number of nitrogens with one attached hydrogen (secondary N) is 1. The van der Waals surface area contributed by atoms with E-state index in [1.165, 1.54) is 18.4 Å². The molecule has 0 radical (unpaired) electrons. The molecule has 0 heterocycles. The highest BCUT2D eigenvalue weighted by Crippen LogP contribution is 2.38. The van der Waals surface area contributed by atoms with Gasteiger partial charge in [-0.2, -0.15) is 0 Å². The van der Waals surface area contributed by atoms with E-state index in [-0.39, 0.29) is 17.2 Å². The third kappa shape index (κ3) is 4.59. The van der Waals surface area contributed by atoms with E-state index < -0.39 is 0 Å². The Morgan fingerprint density at radius 1 is 1.13 bits per heavy atom. The molecule has 1 aromatic rings. The first-order chi connectivity index (χ1) is 10.7. The number of hydrogen-bond acceptors (Lipinski definition) is 1. The van der Waals surface area contributed by atoms with Gasteiger partial charge in [0.25, 0.3) is 0 Å². The van der Waals surface area contributed by atoms with E-state index in [0.717, 1.165) is 12.1 Å². The molecule has 0 aromatic heterocycles. The maximum absolute atomic E-state index is 12.8. The fourth-order valence-corrected chi connectivity index (χ4v) is 3.79. The van der Waals surface area contributed by atoms with Gasteiger partial charge in [-0.15, -0.1) is 0 Å². The monoisotopic (exact) mass is 315 g/mol. The average Bonchev–Trinajstić information content (AvgIpc) is 2.46. The van der Waals surface area contributed by atoms with Crippen LogP contribution in [0.2, 0.25) is 0 Å². The van der Waals surface area contributed by atoms with Crippen molar-refractivity contribution in [2.75, 3.05) is 5.32 Å². The third-order valence-corrected chi connectivity index (χ3v) is 5.38. The van der Waals surface area contributed by atoms with Gasteiger partial charge in [-0.05, 0) is 53.7 Å². The van der Waals surface area contributed by atoms with Gasteiger partial charge < -0.3 is 5.32 Å². The highest BCUT2D eigenvalue weighted by atomic mass is 16.1. The molecule has 2 rings (SSSR count). The highest BCUT2D eigenvalue weighted by Gasteiger charge is 2.35. The lowest BCUT2D eigenvalue weighted by Crippen LogP contribution is -2.36. The maximum atomic E-state index is 12.8. The molecule has 0 spiro atoms. The molecule has 1 saturated carbocycles. The zero-order valence-corrected chi connectivity index (χ0v) is 15.6. The zero-order chi connectivity index (χ0) is 17.2. The highest BCUT2D eigenvalue weighted by molar-refractivity contribution is 5.92. The smallest absolute Gasteiger partial charge is 0.227 e. The molecule has 1 N–H and O–H groups in total. The maximum Gasteiger partial charge on any atom is 0.227 e. The number of carbonyl (C=O) groups is 1. The molecule has 1 amide bonds. The Bertz CT molecular complexity index is 524. The molecule has 0 saturated heterocycles. The van der Waals surface area contributed by atoms with Crippen LogP contribution in [0.15, 0.2) is 24.3 Å². The lowest BCUT2D eigenvalue weighted by molar-refractivity contribution is -0.123. The van der Waals surface area contributed by atoms with Gasteiger partial charge in [0, 0.05) is 11.6 Å². The van der Waals surface area contributed by atoms with Crippen LogP contribution in [0.1, 0.15) is 66.4 Å². The van der Waals surface area contributed by atoms with Crippen molar-refractivity contribution in [3.63, 3.8) is 0 Å².